The molecule has 5 nitrogen and oxygen atoms in total. The van der Waals surface area contributed by atoms with E-state index in [0.29, 0.717) is 6.07 Å². The molecule has 0 radical (unpaired) electrons. The number of hydrogen-bond acceptors (Lipinski definition) is 4. The number of nitrogens with two attached hydrogens (primary N) is 1. The highest BCUT2D eigenvalue weighted by Crippen LogP contribution is 2.27. The first-order valence-electron chi connectivity index (χ1n) is 4.65. The molecule has 5 N–H and O–H groups in total. The maximum absolute atomic E-state index is 13.1. The van der Waals surface area contributed by atoms with E-state index in [2.05, 4.69) is 0 Å². The van der Waals surface area contributed by atoms with E-state index in [9.17, 15) is 23.8 Å². The minimum Gasteiger partial charge on any atom is -0.481 e. The predicted molar refractivity (Wildman–Crippen MR) is 54.0 cm³/mol. The van der Waals surface area contributed by atoms with Crippen LogP contribution in [0.25, 0.3) is 0 Å². The summed E-state index contributed by atoms with van der Waals surface area (Å²) in [6, 6.07) is 1.27. The number of aliphatic hydroxyl groups excluding tert-OH is 2. The molecular formula is C10H11F2NO4. The van der Waals surface area contributed by atoms with Crippen molar-refractivity contribution in [2.75, 3.05) is 5.73 Å². The number of nitrogen functional groups attached to an aromatic ring is 1. The van der Waals surface area contributed by atoms with Gasteiger partial charge in [-0.05, 0) is 6.07 Å². The molecule has 0 bridgehead atoms. The van der Waals surface area contributed by atoms with Gasteiger partial charge in [0, 0.05) is 11.6 Å². The number of carboxylic acids is 1. The fourth-order valence-corrected chi connectivity index (χ4v) is 1.35. The Morgan fingerprint density at radius 3 is 2.47 bits per heavy atom. The van der Waals surface area contributed by atoms with Crippen molar-refractivity contribution in [3.05, 3.63) is 29.3 Å². The van der Waals surface area contributed by atoms with Crippen molar-refractivity contribution in [3.8, 4) is 0 Å². The maximum atomic E-state index is 13.1. The van der Waals surface area contributed by atoms with Gasteiger partial charge in [0.15, 0.2) is 0 Å². The molecule has 7 heteroatoms. The van der Waals surface area contributed by atoms with Crippen LogP contribution < -0.4 is 5.73 Å². The summed E-state index contributed by atoms with van der Waals surface area (Å²) in [5.74, 6) is -3.41. The molecule has 94 valence electrons. The molecule has 1 aromatic carbocycles. The van der Waals surface area contributed by atoms with Crippen molar-refractivity contribution >= 4 is 11.7 Å². The van der Waals surface area contributed by atoms with Crippen molar-refractivity contribution < 1.29 is 28.9 Å². The van der Waals surface area contributed by atoms with E-state index in [0.717, 1.165) is 6.07 Å². The van der Waals surface area contributed by atoms with Crippen molar-refractivity contribution in [1.82, 2.24) is 0 Å². The summed E-state index contributed by atoms with van der Waals surface area (Å²) in [6.07, 6.45) is -4.23. The lowest BCUT2D eigenvalue weighted by Crippen LogP contribution is -2.23. The monoisotopic (exact) mass is 247 g/mol. The topological polar surface area (TPSA) is 104 Å². The summed E-state index contributed by atoms with van der Waals surface area (Å²) in [5.41, 5.74) is 4.36. The Morgan fingerprint density at radius 2 is 1.94 bits per heavy atom. The molecule has 0 amide bonds. The predicted octanol–water partition coefficient (Wildman–Crippen LogP) is 0.416. The second kappa shape index (κ2) is 5.07. The molecule has 0 spiro atoms. The molecule has 0 fully saturated rings. The van der Waals surface area contributed by atoms with Gasteiger partial charge in [-0.1, -0.05) is 0 Å². The van der Waals surface area contributed by atoms with Gasteiger partial charge in [-0.25, -0.2) is 8.78 Å². The Hall–Kier alpha value is -1.73. The third-order valence-electron chi connectivity index (χ3n) is 2.19. The number of carbonyl (C=O) groups is 1. The Morgan fingerprint density at radius 1 is 1.35 bits per heavy atom. The lowest BCUT2D eigenvalue weighted by molar-refractivity contribution is -0.141. The van der Waals surface area contributed by atoms with E-state index in [1.165, 1.54) is 0 Å². The second-order valence-electron chi connectivity index (χ2n) is 3.50. The zero-order valence-corrected chi connectivity index (χ0v) is 8.60. The van der Waals surface area contributed by atoms with Crippen LogP contribution in [0.5, 0.6) is 0 Å². The van der Waals surface area contributed by atoms with Gasteiger partial charge in [-0.15, -0.1) is 0 Å². The summed E-state index contributed by atoms with van der Waals surface area (Å²) in [7, 11) is 0. The Balaban J connectivity index is 3.03. The van der Waals surface area contributed by atoms with Crippen LogP contribution in [0.15, 0.2) is 12.1 Å². The van der Waals surface area contributed by atoms with Crippen molar-refractivity contribution in [2.24, 2.45) is 0 Å². The van der Waals surface area contributed by atoms with E-state index in [4.69, 9.17) is 10.8 Å². The normalized spacial score (nSPS) is 14.4. The van der Waals surface area contributed by atoms with E-state index in [1.54, 1.807) is 0 Å². The van der Waals surface area contributed by atoms with E-state index < -0.39 is 41.9 Å². The Kier molecular flexibility index (Phi) is 3.97. The van der Waals surface area contributed by atoms with Crippen LogP contribution in [0.2, 0.25) is 0 Å². The van der Waals surface area contributed by atoms with Gasteiger partial charge in [0.05, 0.1) is 18.2 Å². The highest BCUT2D eigenvalue weighted by Gasteiger charge is 2.24. The summed E-state index contributed by atoms with van der Waals surface area (Å²) >= 11 is 0. The van der Waals surface area contributed by atoms with Crippen molar-refractivity contribution in [1.29, 1.82) is 0 Å². The number of halogens is 2. The van der Waals surface area contributed by atoms with Gasteiger partial charge in [0.1, 0.15) is 17.7 Å². The molecule has 2 unspecified atom stereocenters. The summed E-state index contributed by atoms with van der Waals surface area (Å²) in [4.78, 5) is 10.3. The van der Waals surface area contributed by atoms with Crippen molar-refractivity contribution in [3.63, 3.8) is 0 Å². The highest BCUT2D eigenvalue weighted by molar-refractivity contribution is 5.67. The minimum absolute atomic E-state index is 0.378. The van der Waals surface area contributed by atoms with Gasteiger partial charge < -0.3 is 21.1 Å². The van der Waals surface area contributed by atoms with Gasteiger partial charge in [-0.2, -0.15) is 0 Å². The van der Waals surface area contributed by atoms with Crippen LogP contribution in [-0.2, 0) is 4.79 Å². The quantitative estimate of drug-likeness (QED) is 0.577. The molecular weight excluding hydrogens is 236 g/mol. The fraction of sp³-hybridized carbons (Fsp3) is 0.300. The van der Waals surface area contributed by atoms with E-state index in [-0.39, 0.29) is 5.56 Å². The summed E-state index contributed by atoms with van der Waals surface area (Å²) < 4.78 is 25.9. The molecule has 0 aliphatic carbocycles. The summed E-state index contributed by atoms with van der Waals surface area (Å²) in [5, 5.41) is 27.3. The first-order chi connectivity index (χ1) is 7.82. The molecule has 0 saturated carbocycles. The highest BCUT2D eigenvalue weighted by atomic mass is 19.1. The summed E-state index contributed by atoms with van der Waals surface area (Å²) in [6.45, 7) is 0. The smallest absolute Gasteiger partial charge is 0.306 e. The number of carboxylic acid groups (broad SMARTS) is 1. The van der Waals surface area contributed by atoms with E-state index >= 15 is 0 Å². The number of anilines is 1. The molecule has 0 heterocycles. The molecule has 1 aromatic rings. The maximum Gasteiger partial charge on any atom is 0.306 e. The largest absolute Gasteiger partial charge is 0.481 e. The van der Waals surface area contributed by atoms with Gasteiger partial charge in [0.2, 0.25) is 0 Å². The molecule has 0 aliphatic heterocycles. The standard InChI is InChI=1S/C10H11F2NO4/c11-4-1-5(9(13)6(12)2-4)10(17)7(14)3-8(15)16/h1-2,7,10,14,17H,3,13H2,(H,15,16). The first kappa shape index (κ1) is 13.3. The van der Waals surface area contributed by atoms with Gasteiger partial charge in [0.25, 0.3) is 0 Å². The Labute approximate surface area is 95.1 Å². The Bertz CT molecular complexity index is 439. The van der Waals surface area contributed by atoms with Crippen LogP contribution in [0, 0.1) is 11.6 Å². The average molecular weight is 247 g/mol. The number of rotatable bonds is 4. The fourth-order valence-electron chi connectivity index (χ4n) is 1.35. The number of benzene rings is 1. The lowest BCUT2D eigenvalue weighted by Gasteiger charge is -2.18. The van der Waals surface area contributed by atoms with Crippen LogP contribution in [-0.4, -0.2) is 27.4 Å². The molecule has 0 aliphatic rings. The number of aliphatic hydroxyl groups is 2. The van der Waals surface area contributed by atoms with Crippen LogP contribution >= 0.6 is 0 Å². The van der Waals surface area contributed by atoms with Gasteiger partial charge >= 0.3 is 5.97 Å². The number of aliphatic carboxylic acids is 1. The van der Waals surface area contributed by atoms with E-state index in [1.807, 2.05) is 0 Å². The number of hydrogen-bond donors (Lipinski definition) is 4. The second-order valence-corrected chi connectivity index (χ2v) is 3.50. The zero-order valence-electron chi connectivity index (χ0n) is 8.60. The average Bonchev–Trinajstić information content (AvgIpc) is 2.21. The molecule has 2 atom stereocenters. The van der Waals surface area contributed by atoms with Gasteiger partial charge in [-0.3, -0.25) is 4.79 Å². The SMILES string of the molecule is Nc1c(F)cc(F)cc1C(O)C(O)CC(=O)O. The zero-order chi connectivity index (χ0) is 13.2. The lowest BCUT2D eigenvalue weighted by atomic mass is 10.00. The first-order valence-corrected chi connectivity index (χ1v) is 4.65. The molecule has 17 heavy (non-hydrogen) atoms. The van der Waals surface area contributed by atoms with Crippen LogP contribution in [0.4, 0.5) is 14.5 Å². The third kappa shape index (κ3) is 3.11. The van der Waals surface area contributed by atoms with Crippen LogP contribution in [0.1, 0.15) is 18.1 Å². The molecule has 0 aromatic heterocycles. The molecule has 0 saturated heterocycles. The third-order valence-corrected chi connectivity index (χ3v) is 2.19. The minimum atomic E-state index is -1.77. The molecule has 1 rings (SSSR count). The van der Waals surface area contributed by atoms with Crippen molar-refractivity contribution in [2.45, 2.75) is 18.6 Å². The van der Waals surface area contributed by atoms with Crippen LogP contribution in [0.3, 0.4) is 0 Å².